The highest BCUT2D eigenvalue weighted by atomic mass is 35.5. The van der Waals surface area contributed by atoms with Crippen LogP contribution in [0.3, 0.4) is 0 Å². The van der Waals surface area contributed by atoms with E-state index in [0.717, 1.165) is 23.8 Å². The maximum Gasteiger partial charge on any atom is 0.416 e. The van der Waals surface area contributed by atoms with Crippen molar-refractivity contribution in [1.29, 1.82) is 0 Å². The van der Waals surface area contributed by atoms with Crippen molar-refractivity contribution in [2.75, 3.05) is 16.4 Å². The molecule has 5 aromatic rings. The molecule has 0 aliphatic heterocycles. The lowest BCUT2D eigenvalue weighted by molar-refractivity contribution is -0.137. The number of carbonyl (C=O) groups is 2. The number of carbonyl (C=O) groups excluding carboxylic acids is 2. The topological polar surface area (TPSA) is 150 Å². The van der Waals surface area contributed by atoms with Gasteiger partial charge in [-0.2, -0.15) is 18.3 Å². The molecule has 0 bridgehead atoms. The van der Waals surface area contributed by atoms with E-state index in [1.165, 1.54) is 42.5 Å². The van der Waals surface area contributed by atoms with E-state index in [2.05, 4.69) is 30.7 Å². The van der Waals surface area contributed by atoms with Gasteiger partial charge < -0.3 is 21.1 Å². The molecule has 43 heavy (non-hydrogen) atoms. The number of nitrogens with one attached hydrogen (secondary N) is 2. The van der Waals surface area contributed by atoms with E-state index in [0.29, 0.717) is 22.2 Å². The fourth-order valence-corrected chi connectivity index (χ4v) is 4.02. The molecule has 15 heteroatoms. The summed E-state index contributed by atoms with van der Waals surface area (Å²) in [6.07, 6.45) is 0.701. The van der Waals surface area contributed by atoms with Gasteiger partial charge in [-0.3, -0.25) is 4.79 Å². The third-order valence-corrected chi connectivity index (χ3v) is 6.12. The highest BCUT2D eigenvalue weighted by molar-refractivity contribution is 6.30. The number of benzene rings is 2. The maximum absolute atomic E-state index is 13.4. The van der Waals surface area contributed by atoms with Gasteiger partial charge in [0.2, 0.25) is 0 Å². The average Bonchev–Trinajstić information content (AvgIpc) is 3.46. The molecule has 0 saturated carbocycles. The minimum atomic E-state index is -4.66. The molecule has 0 radical (unpaired) electrons. The van der Waals surface area contributed by atoms with Gasteiger partial charge in [-0.25, -0.2) is 24.4 Å². The first-order chi connectivity index (χ1) is 20.5. The number of ketones is 1. The Bertz CT molecular complexity index is 1810. The van der Waals surface area contributed by atoms with Gasteiger partial charge in [-0.1, -0.05) is 23.7 Å². The molecule has 3 heterocycles. The summed E-state index contributed by atoms with van der Waals surface area (Å²) in [5.41, 5.74) is 6.51. The molecule has 218 valence electrons. The van der Waals surface area contributed by atoms with Crippen LogP contribution in [0.4, 0.5) is 35.2 Å². The number of anilines is 3. The molecular formula is C28H20ClF3N8O3. The van der Waals surface area contributed by atoms with E-state index in [9.17, 15) is 22.8 Å². The van der Waals surface area contributed by atoms with Crippen molar-refractivity contribution in [3.63, 3.8) is 0 Å². The Kier molecular flexibility index (Phi) is 7.94. The zero-order valence-corrected chi connectivity index (χ0v) is 22.8. The summed E-state index contributed by atoms with van der Waals surface area (Å²) in [5.74, 6) is 0.406. The van der Waals surface area contributed by atoms with Gasteiger partial charge in [0.05, 0.1) is 40.0 Å². The van der Waals surface area contributed by atoms with Crippen LogP contribution in [-0.4, -0.2) is 36.5 Å². The van der Waals surface area contributed by atoms with Gasteiger partial charge in [0.1, 0.15) is 17.3 Å². The van der Waals surface area contributed by atoms with Crippen molar-refractivity contribution in [2.24, 2.45) is 0 Å². The Morgan fingerprint density at radius 3 is 2.33 bits per heavy atom. The summed E-state index contributed by atoms with van der Waals surface area (Å²) < 4.78 is 47.0. The fraction of sp³-hybridized carbons (Fsp3) is 0.0714. The van der Waals surface area contributed by atoms with Gasteiger partial charge in [-0.05, 0) is 48.0 Å². The van der Waals surface area contributed by atoms with Crippen molar-refractivity contribution in [2.45, 2.75) is 13.1 Å². The lowest BCUT2D eigenvalue weighted by atomic mass is 10.1. The van der Waals surface area contributed by atoms with E-state index in [1.807, 2.05) is 0 Å². The van der Waals surface area contributed by atoms with E-state index in [4.69, 9.17) is 22.1 Å². The first kappa shape index (κ1) is 29.0. The predicted molar refractivity (Wildman–Crippen MR) is 152 cm³/mol. The Morgan fingerprint density at radius 2 is 1.67 bits per heavy atom. The third-order valence-electron chi connectivity index (χ3n) is 5.91. The summed E-state index contributed by atoms with van der Waals surface area (Å²) in [7, 11) is 0. The van der Waals surface area contributed by atoms with Crippen molar-refractivity contribution >= 4 is 40.6 Å². The van der Waals surface area contributed by atoms with Crippen molar-refractivity contribution < 1.29 is 27.5 Å². The maximum atomic E-state index is 13.4. The van der Waals surface area contributed by atoms with Crippen LogP contribution >= 0.6 is 11.6 Å². The lowest BCUT2D eigenvalue weighted by Crippen LogP contribution is -2.21. The number of hydrogen-bond donors (Lipinski definition) is 3. The van der Waals surface area contributed by atoms with Crippen molar-refractivity contribution in [3.8, 4) is 28.6 Å². The van der Waals surface area contributed by atoms with Gasteiger partial charge >= 0.3 is 18.2 Å². The number of aromatic nitrogens is 5. The Morgan fingerprint density at radius 1 is 0.953 bits per heavy atom. The van der Waals surface area contributed by atoms with Crippen LogP contribution in [0.1, 0.15) is 23.0 Å². The van der Waals surface area contributed by atoms with Crippen LogP contribution in [0.25, 0.3) is 16.8 Å². The van der Waals surface area contributed by atoms with Gasteiger partial charge in [-0.15, -0.1) is 0 Å². The Balaban J connectivity index is 1.27. The van der Waals surface area contributed by atoms with Gasteiger partial charge in [0, 0.05) is 24.9 Å². The normalized spacial score (nSPS) is 11.2. The molecule has 4 N–H and O–H groups in total. The number of nitrogen functional groups attached to an aromatic ring is 1. The monoisotopic (exact) mass is 608 g/mol. The highest BCUT2D eigenvalue weighted by Gasteiger charge is 2.31. The van der Waals surface area contributed by atoms with E-state index >= 15 is 0 Å². The number of rotatable bonds is 7. The molecule has 0 unspecified atom stereocenters. The smallest absolute Gasteiger partial charge is 0.416 e. The molecule has 11 nitrogen and oxygen atoms in total. The summed E-state index contributed by atoms with van der Waals surface area (Å²) in [5, 5.41) is 9.34. The standard InChI is InChI=1S/C28H20ClF3N8O3/c1-15(41)22-8-9-40(39-22)24-7-4-17(28(30,31)32)10-23(24)38-26(42)37-19-13-35-27(36-14-19)43-20-5-2-16(3-6-20)21-11-18(29)12-34-25(21)33/h2-14H,1H3,(H2,33,34)(H2,37,38,42). The van der Waals surface area contributed by atoms with E-state index < -0.39 is 17.8 Å². The summed E-state index contributed by atoms with van der Waals surface area (Å²) in [6, 6.07) is 11.8. The van der Waals surface area contributed by atoms with Crippen LogP contribution in [0.15, 0.2) is 79.4 Å². The van der Waals surface area contributed by atoms with Crippen LogP contribution in [0.2, 0.25) is 5.02 Å². The number of amides is 2. The number of hydrogen-bond acceptors (Lipinski definition) is 8. The second kappa shape index (κ2) is 11.8. The number of Topliss-reactive ketones (excluding diaryl/α,β-unsaturated/α-hetero) is 1. The Hall–Kier alpha value is -5.50. The lowest BCUT2D eigenvalue weighted by Gasteiger charge is -2.15. The van der Waals surface area contributed by atoms with E-state index in [-0.39, 0.29) is 34.5 Å². The predicted octanol–water partition coefficient (Wildman–Crippen LogP) is 6.62. The molecule has 3 aromatic heterocycles. The van der Waals surface area contributed by atoms with Crippen molar-refractivity contribution in [1.82, 2.24) is 24.7 Å². The number of ether oxygens (including phenoxy) is 1. The van der Waals surface area contributed by atoms with Crippen LogP contribution in [0, 0.1) is 0 Å². The number of halogens is 4. The molecule has 0 atom stereocenters. The molecule has 0 aliphatic carbocycles. The van der Waals surface area contributed by atoms with Crippen molar-refractivity contribution in [3.05, 3.63) is 95.7 Å². The molecule has 2 aromatic carbocycles. The molecule has 5 rings (SSSR count). The minimum Gasteiger partial charge on any atom is -0.424 e. The number of nitrogens with zero attached hydrogens (tertiary/aromatic N) is 5. The second-order valence-electron chi connectivity index (χ2n) is 8.98. The zero-order valence-electron chi connectivity index (χ0n) is 22.1. The average molecular weight is 609 g/mol. The SMILES string of the molecule is CC(=O)c1ccn(-c2ccc(C(F)(F)F)cc2NC(=O)Nc2cnc(Oc3ccc(-c4cc(Cl)cnc4N)cc3)nc2)n1. The molecule has 2 amide bonds. The molecule has 0 spiro atoms. The first-order valence-corrected chi connectivity index (χ1v) is 12.7. The zero-order chi connectivity index (χ0) is 30.7. The van der Waals surface area contributed by atoms with Crippen LogP contribution in [-0.2, 0) is 6.18 Å². The van der Waals surface area contributed by atoms with E-state index in [1.54, 1.807) is 30.3 Å². The molecule has 0 fully saturated rings. The fourth-order valence-electron chi connectivity index (χ4n) is 3.87. The second-order valence-corrected chi connectivity index (χ2v) is 9.41. The quantitative estimate of drug-likeness (QED) is 0.175. The summed E-state index contributed by atoms with van der Waals surface area (Å²) in [4.78, 5) is 36.5. The Labute approximate surface area is 246 Å². The third kappa shape index (κ3) is 6.87. The number of alkyl halides is 3. The highest BCUT2D eigenvalue weighted by Crippen LogP contribution is 2.34. The van der Waals surface area contributed by atoms with Gasteiger partial charge in [0.15, 0.2) is 5.78 Å². The molecular weight excluding hydrogens is 589 g/mol. The summed E-state index contributed by atoms with van der Waals surface area (Å²) >= 11 is 6.01. The number of nitrogens with two attached hydrogens (primary N) is 1. The largest absolute Gasteiger partial charge is 0.424 e. The molecule has 0 aliphatic rings. The molecule has 0 saturated heterocycles. The minimum absolute atomic E-state index is 0.0252. The summed E-state index contributed by atoms with van der Waals surface area (Å²) in [6.45, 7) is 1.30. The van der Waals surface area contributed by atoms with Gasteiger partial charge in [0.25, 0.3) is 0 Å². The van der Waals surface area contributed by atoms with Crippen LogP contribution in [0.5, 0.6) is 11.8 Å². The number of urea groups is 1. The van der Waals surface area contributed by atoms with Crippen LogP contribution < -0.4 is 21.1 Å². The number of pyridine rings is 1. The first-order valence-electron chi connectivity index (χ1n) is 12.3.